The van der Waals surface area contributed by atoms with Gasteiger partial charge in [0.05, 0.1) is 0 Å². The zero-order valence-corrected chi connectivity index (χ0v) is 13.7. The number of hydrogen-bond donors (Lipinski definition) is 0. The van der Waals surface area contributed by atoms with Crippen LogP contribution >= 0.6 is 0 Å². The van der Waals surface area contributed by atoms with Crippen molar-refractivity contribution in [1.82, 2.24) is 0 Å². The molecule has 1 aromatic rings. The van der Waals surface area contributed by atoms with E-state index in [0.29, 0.717) is 15.0 Å². The van der Waals surface area contributed by atoms with Crippen molar-refractivity contribution in [2.75, 3.05) is 6.54 Å². The van der Waals surface area contributed by atoms with Crippen LogP contribution in [0.5, 0.6) is 0 Å². The van der Waals surface area contributed by atoms with Gasteiger partial charge >= 0.3 is 123 Å². The number of benzene rings is 1. The van der Waals surface area contributed by atoms with Gasteiger partial charge in [-0.15, -0.1) is 0 Å². The normalized spacial score (nSPS) is 18.2. The Hall–Kier alpha value is -0.851. The minimum atomic E-state index is 0.422. The predicted octanol–water partition coefficient (Wildman–Crippen LogP) is 4.48. The van der Waals surface area contributed by atoms with E-state index in [-0.39, 0.29) is 0 Å². The Morgan fingerprint density at radius 2 is 1.79 bits per heavy atom. The molecule has 0 unspecified atom stereocenters. The van der Waals surface area contributed by atoms with Crippen molar-refractivity contribution in [2.24, 2.45) is 4.99 Å². The van der Waals surface area contributed by atoms with E-state index in [1.807, 2.05) is 0 Å². The van der Waals surface area contributed by atoms with E-state index in [1.165, 1.54) is 47.8 Å². The van der Waals surface area contributed by atoms with Crippen molar-refractivity contribution in [2.45, 2.75) is 46.0 Å². The molecule has 0 fully saturated rings. The molecule has 1 aliphatic rings. The summed E-state index contributed by atoms with van der Waals surface area (Å²) in [5, 5.41) is 0. The first-order chi connectivity index (χ1) is 9.36. The van der Waals surface area contributed by atoms with Crippen molar-refractivity contribution < 1.29 is 0 Å². The van der Waals surface area contributed by atoms with Crippen LogP contribution in [-0.2, 0) is 0 Å². The van der Waals surface area contributed by atoms with Gasteiger partial charge in [0.25, 0.3) is 0 Å². The van der Waals surface area contributed by atoms with Crippen molar-refractivity contribution in [3.63, 3.8) is 0 Å². The summed E-state index contributed by atoms with van der Waals surface area (Å²) >= 11 is 0.422. The SMILES string of the molecule is CCCC/C=C1/[Se]C(=NCCCC)c2ccccc21. The molecule has 1 heterocycles. The average Bonchev–Trinajstić information content (AvgIpc) is 2.79. The summed E-state index contributed by atoms with van der Waals surface area (Å²) in [6.07, 6.45) is 8.66. The zero-order valence-electron chi connectivity index (χ0n) is 12.0. The molecule has 19 heavy (non-hydrogen) atoms. The number of unbranched alkanes of at least 4 members (excludes halogenated alkanes) is 3. The van der Waals surface area contributed by atoms with Crippen LogP contribution in [0.1, 0.15) is 57.1 Å². The fourth-order valence-electron chi connectivity index (χ4n) is 2.14. The molecular formula is C17H23NSe. The van der Waals surface area contributed by atoms with Crippen LogP contribution in [0, 0.1) is 0 Å². The number of hydrogen-bond acceptors (Lipinski definition) is 1. The molecule has 0 spiro atoms. The molecule has 0 aliphatic carbocycles. The Morgan fingerprint density at radius 1 is 1.05 bits per heavy atom. The van der Waals surface area contributed by atoms with Crippen LogP contribution in [0.15, 0.2) is 35.3 Å². The molecule has 2 rings (SSSR count). The fraction of sp³-hybridized carbons (Fsp3) is 0.471. The predicted molar refractivity (Wildman–Crippen MR) is 86.0 cm³/mol. The quantitative estimate of drug-likeness (QED) is 0.541. The van der Waals surface area contributed by atoms with Crippen LogP contribution < -0.4 is 0 Å². The Labute approximate surface area is 123 Å². The molecule has 2 heteroatoms. The number of allylic oxidation sites excluding steroid dienone is 1. The van der Waals surface area contributed by atoms with Gasteiger partial charge in [0.15, 0.2) is 0 Å². The van der Waals surface area contributed by atoms with Gasteiger partial charge in [0.1, 0.15) is 0 Å². The van der Waals surface area contributed by atoms with Crippen LogP contribution in [0.25, 0.3) is 4.47 Å². The molecule has 1 aromatic carbocycles. The average molecular weight is 320 g/mol. The second kappa shape index (κ2) is 7.67. The van der Waals surface area contributed by atoms with Crippen molar-refractivity contribution in [3.05, 3.63) is 41.5 Å². The van der Waals surface area contributed by atoms with Gasteiger partial charge in [-0.3, -0.25) is 0 Å². The molecule has 0 saturated heterocycles. The van der Waals surface area contributed by atoms with E-state index in [4.69, 9.17) is 4.99 Å². The molecule has 0 N–H and O–H groups in total. The first-order valence-electron chi connectivity index (χ1n) is 7.39. The van der Waals surface area contributed by atoms with Crippen molar-refractivity contribution in [3.8, 4) is 0 Å². The van der Waals surface area contributed by atoms with Gasteiger partial charge in [0, 0.05) is 0 Å². The summed E-state index contributed by atoms with van der Waals surface area (Å²) in [5.74, 6) is 0. The van der Waals surface area contributed by atoms with Crippen LogP contribution in [0.3, 0.4) is 0 Å². The van der Waals surface area contributed by atoms with Gasteiger partial charge in [-0.25, -0.2) is 0 Å². The molecule has 0 atom stereocenters. The maximum atomic E-state index is 4.84. The second-order valence-electron chi connectivity index (χ2n) is 4.90. The molecule has 102 valence electrons. The summed E-state index contributed by atoms with van der Waals surface area (Å²) in [5.41, 5.74) is 2.83. The van der Waals surface area contributed by atoms with Crippen LogP contribution in [0.4, 0.5) is 0 Å². The zero-order chi connectivity index (χ0) is 13.5. The number of fused-ring (bicyclic) bond motifs is 1. The topological polar surface area (TPSA) is 12.4 Å². The van der Waals surface area contributed by atoms with Gasteiger partial charge in [-0.1, -0.05) is 0 Å². The van der Waals surface area contributed by atoms with Crippen LogP contribution in [-0.4, -0.2) is 26.1 Å². The molecule has 1 aliphatic heterocycles. The molecule has 0 saturated carbocycles. The summed E-state index contributed by atoms with van der Waals surface area (Å²) < 4.78 is 2.91. The monoisotopic (exact) mass is 321 g/mol. The van der Waals surface area contributed by atoms with Crippen molar-refractivity contribution in [1.29, 1.82) is 0 Å². The first kappa shape index (κ1) is 14.6. The molecule has 0 amide bonds. The molecule has 0 bridgehead atoms. The van der Waals surface area contributed by atoms with E-state index in [1.54, 1.807) is 4.47 Å². The third-order valence-electron chi connectivity index (χ3n) is 3.28. The molecule has 1 nitrogen and oxygen atoms in total. The van der Waals surface area contributed by atoms with E-state index < -0.39 is 0 Å². The van der Waals surface area contributed by atoms with E-state index in [0.717, 1.165) is 6.54 Å². The Kier molecular flexibility index (Phi) is 5.88. The van der Waals surface area contributed by atoms with E-state index in [2.05, 4.69) is 44.2 Å². The Balaban J connectivity index is 2.18. The Bertz CT molecular complexity index is 431. The fourth-order valence-corrected chi connectivity index (χ4v) is 4.54. The minimum absolute atomic E-state index is 0.422. The maximum absolute atomic E-state index is 4.84. The van der Waals surface area contributed by atoms with Gasteiger partial charge in [-0.05, 0) is 0 Å². The number of aliphatic imine (C=N–C) groups is 1. The number of nitrogens with zero attached hydrogens (tertiary/aromatic N) is 1. The van der Waals surface area contributed by atoms with Gasteiger partial charge in [0.2, 0.25) is 0 Å². The Morgan fingerprint density at radius 3 is 2.53 bits per heavy atom. The van der Waals surface area contributed by atoms with Crippen molar-refractivity contribution >= 4 is 24.0 Å². The molecular weight excluding hydrogens is 297 g/mol. The van der Waals surface area contributed by atoms with E-state index >= 15 is 0 Å². The van der Waals surface area contributed by atoms with E-state index in [9.17, 15) is 0 Å². The first-order valence-corrected chi connectivity index (χ1v) is 9.10. The van der Waals surface area contributed by atoms with Gasteiger partial charge in [-0.2, -0.15) is 0 Å². The summed E-state index contributed by atoms with van der Waals surface area (Å²) in [4.78, 5) is 4.84. The summed E-state index contributed by atoms with van der Waals surface area (Å²) in [6.45, 7) is 5.47. The summed E-state index contributed by atoms with van der Waals surface area (Å²) in [6, 6.07) is 8.79. The second-order valence-corrected chi connectivity index (χ2v) is 7.06. The molecule has 0 aromatic heterocycles. The van der Waals surface area contributed by atoms with Crippen LogP contribution in [0.2, 0.25) is 0 Å². The van der Waals surface area contributed by atoms with Gasteiger partial charge < -0.3 is 0 Å². The standard InChI is InChI=1S/C17H23NSe/c1-3-5-7-12-16-14-10-8-9-11-15(14)17(19-16)18-13-6-4-2/h8-12H,3-7,13H2,1-2H3/b16-12+,18-17?. The third kappa shape index (κ3) is 3.81. The summed E-state index contributed by atoms with van der Waals surface area (Å²) in [7, 11) is 0. The third-order valence-corrected chi connectivity index (χ3v) is 5.69. The number of rotatable bonds is 6. The molecule has 0 radical (unpaired) electrons.